The van der Waals surface area contributed by atoms with E-state index in [2.05, 4.69) is 68.5 Å². The molecular formula is C73H87BBrCl6N15O9. The van der Waals surface area contributed by atoms with Crippen LogP contribution in [-0.4, -0.2) is 180 Å². The summed E-state index contributed by atoms with van der Waals surface area (Å²) in [6, 6.07) is 21.7. The second-order valence-electron chi connectivity index (χ2n) is 29.8. The lowest BCUT2D eigenvalue weighted by Crippen LogP contribution is -2.55. The fourth-order valence-corrected chi connectivity index (χ4v) is 16.7. The SMILES string of the molecule is C[C@@H]1OCC2(CCN(c3ncc(-c4cccc(Cl)c4Cl)n4nccc34)CC2)[C@@H]1N.C[C@@H]1OCC2(CCN(c3ncc(-c4cccc(Cl)c4Cl)n4nccc34)CC2)[C@@H]1NC(=O)OC(C)(C)C.C[C@@H]1OCC2(CCN(c3ncc(Br)n4nccc34)CC2)[C@@H]1NC(=O)OC(C)(C)C.OB(O)c1cccc(Cl)c1Cl. The first-order chi connectivity index (χ1) is 49.9. The summed E-state index contributed by atoms with van der Waals surface area (Å²) < 4.78 is 35.3. The Morgan fingerprint density at radius 3 is 1.26 bits per heavy atom. The number of alkyl carbamates (subject to hydrolysis) is 2. The van der Waals surface area contributed by atoms with Gasteiger partial charge in [-0.25, -0.2) is 38.1 Å². The number of rotatable bonds is 8. The zero-order valence-corrected chi connectivity index (χ0v) is 66.0. The van der Waals surface area contributed by atoms with Crippen LogP contribution in [-0.2, 0) is 23.7 Å². The van der Waals surface area contributed by atoms with Crippen molar-refractivity contribution in [1.29, 1.82) is 0 Å². The van der Waals surface area contributed by atoms with E-state index >= 15 is 0 Å². The summed E-state index contributed by atoms with van der Waals surface area (Å²) in [4.78, 5) is 46.1. The Balaban J connectivity index is 0.000000138. The van der Waals surface area contributed by atoms with Gasteiger partial charge >= 0.3 is 19.3 Å². The Labute approximate surface area is 649 Å². The molecule has 32 heteroatoms. The summed E-state index contributed by atoms with van der Waals surface area (Å²) in [7, 11) is -1.57. The van der Waals surface area contributed by atoms with Crippen LogP contribution in [0.2, 0.25) is 30.1 Å². The van der Waals surface area contributed by atoms with Crippen molar-refractivity contribution in [2.45, 2.75) is 148 Å². The van der Waals surface area contributed by atoms with Crippen molar-refractivity contribution in [2.75, 3.05) is 73.8 Å². The van der Waals surface area contributed by atoms with E-state index in [-0.39, 0.29) is 69.3 Å². The third kappa shape index (κ3) is 16.7. The summed E-state index contributed by atoms with van der Waals surface area (Å²) in [5, 5.41) is 39.6. The lowest BCUT2D eigenvalue weighted by Gasteiger charge is -2.43. The van der Waals surface area contributed by atoms with Crippen molar-refractivity contribution < 1.29 is 43.3 Å². The molecule has 6 aliphatic rings. The third-order valence-corrected chi connectivity index (χ3v) is 23.8. The van der Waals surface area contributed by atoms with Gasteiger partial charge in [-0.15, -0.1) is 0 Å². The fourth-order valence-electron chi connectivity index (χ4n) is 15.2. The standard InChI is InChI=1S/C26H31Cl2N5O3.C21H23Cl2N5O.C20H28BrN5O3.C6H5BCl2O2/c1-16-22(31-24(34)36-25(2,3)4)26(15-35-16)9-12-32(13-10-26)23-19-8-11-30-33(19)20(14-29-23)17-6-5-7-18(27)21(17)28;1-13-19(24)21(12-29-13)6-9-27(10-7-21)20-16-5-8-26-28(16)17(11-25-20)14-3-2-4-15(22)18(14)23;1-13-16(24-18(27)29-19(2,3)4)20(12-28-13)6-9-25(10-7-20)17-14-5-8-23-26(14)15(21)11-22-17;8-5-3-1-2-4(6(5)9)7(10)11/h5-8,11,14,16,22H,9-10,12-13,15H2,1-4H3,(H,31,34);2-5,8,11,13,19H,6-7,9-10,12,24H2,1H3;5,8,11,13,16H,6-7,9-10,12H2,1-4H3,(H,24,27);1-3,10-11H/t16-,22+;13-,19+;13-,16+;/m000./s1. The average molecular weight is 1620 g/mol. The van der Waals surface area contributed by atoms with E-state index in [0.29, 0.717) is 38.3 Å². The molecule has 560 valence electrons. The highest BCUT2D eigenvalue weighted by Crippen LogP contribution is 2.47. The predicted molar refractivity (Wildman–Crippen MR) is 416 cm³/mol. The molecule has 105 heavy (non-hydrogen) atoms. The number of nitrogens with two attached hydrogens (primary N) is 1. The number of carbonyl (C=O) groups is 2. The molecule has 6 N–H and O–H groups in total. The highest BCUT2D eigenvalue weighted by Gasteiger charge is 2.53. The van der Waals surface area contributed by atoms with Gasteiger partial charge < -0.3 is 64.8 Å². The Kier molecular flexibility index (Phi) is 23.8. The molecule has 0 bridgehead atoms. The summed E-state index contributed by atoms with van der Waals surface area (Å²) in [5.41, 5.74) is 11.5. The maximum Gasteiger partial charge on any atom is 0.490 e. The van der Waals surface area contributed by atoms with Crippen molar-refractivity contribution in [1.82, 2.24) is 54.4 Å². The number of hydrogen-bond acceptors (Lipinski definition) is 19. The van der Waals surface area contributed by atoms with Crippen LogP contribution in [0.1, 0.15) is 101 Å². The molecule has 6 fully saturated rings. The first kappa shape index (κ1) is 78.1. The summed E-state index contributed by atoms with van der Waals surface area (Å²) in [6.07, 6.45) is 15.5. The van der Waals surface area contributed by atoms with Gasteiger partial charge in [0.15, 0.2) is 17.5 Å². The maximum atomic E-state index is 12.5. The van der Waals surface area contributed by atoms with E-state index in [1.165, 1.54) is 6.07 Å². The molecule has 6 aliphatic heterocycles. The molecule has 3 aromatic carbocycles. The monoisotopic (exact) mass is 1620 g/mol. The van der Waals surface area contributed by atoms with Gasteiger partial charge in [0.1, 0.15) is 32.4 Å². The molecule has 9 aromatic rings. The van der Waals surface area contributed by atoms with Crippen molar-refractivity contribution in [3.63, 3.8) is 0 Å². The number of amides is 2. The number of piperidine rings is 3. The first-order valence-corrected chi connectivity index (χ1v) is 38.1. The molecule has 0 aliphatic carbocycles. The summed E-state index contributed by atoms with van der Waals surface area (Å²) in [6.45, 7) is 24.4. The number of nitrogens with one attached hydrogen (secondary N) is 2. The molecule has 6 aromatic heterocycles. The van der Waals surface area contributed by atoms with Gasteiger partial charge in [-0.3, -0.25) is 0 Å². The minimum Gasteiger partial charge on any atom is -0.444 e. The van der Waals surface area contributed by atoms with Crippen LogP contribution in [0.5, 0.6) is 0 Å². The fraction of sp³-hybridized carbons (Fsp3) is 0.479. The Morgan fingerprint density at radius 2 is 0.876 bits per heavy atom. The molecule has 2 amide bonds. The predicted octanol–water partition coefficient (Wildman–Crippen LogP) is 13.7. The molecule has 0 radical (unpaired) electrons. The normalized spacial score (nSPS) is 21.8. The number of fused-ring (bicyclic) bond motifs is 3. The second kappa shape index (κ2) is 32.0. The Morgan fingerprint density at radius 1 is 0.524 bits per heavy atom. The number of halogens is 7. The molecule has 3 spiro atoms. The van der Waals surface area contributed by atoms with Crippen LogP contribution in [0.15, 0.2) is 115 Å². The molecule has 12 heterocycles. The molecule has 0 saturated carbocycles. The topological polar surface area (TPSA) is 271 Å². The maximum absolute atomic E-state index is 12.5. The number of carbonyl (C=O) groups excluding carboxylic acids is 2. The quantitative estimate of drug-likeness (QED) is 0.0885. The van der Waals surface area contributed by atoms with Gasteiger partial charge in [-0.2, -0.15) is 15.3 Å². The van der Waals surface area contributed by atoms with Crippen LogP contribution in [0, 0.1) is 16.2 Å². The average Bonchev–Trinajstić information content (AvgIpc) is 1.71. The molecule has 0 unspecified atom stereocenters. The van der Waals surface area contributed by atoms with Crippen molar-refractivity contribution in [3.8, 4) is 22.5 Å². The van der Waals surface area contributed by atoms with E-state index < -0.39 is 24.4 Å². The van der Waals surface area contributed by atoms with Crippen molar-refractivity contribution >= 4 is 144 Å². The lowest BCUT2D eigenvalue weighted by atomic mass is 9.73. The van der Waals surface area contributed by atoms with E-state index in [1.54, 1.807) is 55.2 Å². The lowest BCUT2D eigenvalue weighted by molar-refractivity contribution is 0.0425. The zero-order chi connectivity index (χ0) is 75.1. The van der Waals surface area contributed by atoms with Gasteiger partial charge in [-0.05, 0) is 153 Å². The van der Waals surface area contributed by atoms with Crippen LogP contribution in [0.3, 0.4) is 0 Å². The van der Waals surface area contributed by atoms with Gasteiger partial charge in [0.25, 0.3) is 0 Å². The Hall–Kier alpha value is -6.50. The molecule has 15 rings (SSSR count). The highest BCUT2D eigenvalue weighted by atomic mass is 79.9. The number of hydrogen-bond donors (Lipinski definition) is 5. The number of benzene rings is 3. The number of nitrogens with zero attached hydrogens (tertiary/aromatic N) is 12. The van der Waals surface area contributed by atoms with Gasteiger partial charge in [0.05, 0.1) is 129 Å². The second-order valence-corrected chi connectivity index (χ2v) is 33.0. The number of ether oxygens (including phenoxy) is 5. The van der Waals surface area contributed by atoms with E-state index in [1.807, 2.05) is 118 Å². The molecule has 24 nitrogen and oxygen atoms in total. The van der Waals surface area contributed by atoms with Gasteiger partial charge in [0.2, 0.25) is 0 Å². The Bertz CT molecular complexity index is 4590. The van der Waals surface area contributed by atoms with Crippen LogP contribution in [0.4, 0.5) is 27.0 Å². The summed E-state index contributed by atoms with van der Waals surface area (Å²) >= 11 is 40.1. The largest absolute Gasteiger partial charge is 0.490 e. The number of anilines is 3. The molecule has 6 atom stereocenters. The van der Waals surface area contributed by atoms with Crippen LogP contribution >= 0.6 is 85.5 Å². The van der Waals surface area contributed by atoms with Crippen molar-refractivity contribution in [2.24, 2.45) is 22.0 Å². The van der Waals surface area contributed by atoms with Gasteiger partial charge in [-0.1, -0.05) is 106 Å². The van der Waals surface area contributed by atoms with Gasteiger partial charge in [0, 0.05) is 78.1 Å². The van der Waals surface area contributed by atoms with E-state index in [4.69, 9.17) is 119 Å². The highest BCUT2D eigenvalue weighted by molar-refractivity contribution is 9.10. The number of aromatic nitrogens is 9. The minimum atomic E-state index is -1.57. The molecule has 6 saturated heterocycles. The van der Waals surface area contributed by atoms with Crippen molar-refractivity contribution in [3.05, 3.63) is 145 Å². The van der Waals surface area contributed by atoms with Crippen LogP contribution in [0.25, 0.3) is 39.1 Å². The van der Waals surface area contributed by atoms with E-state index in [9.17, 15) is 9.59 Å². The van der Waals surface area contributed by atoms with Crippen LogP contribution < -0.4 is 36.5 Å². The smallest absolute Gasteiger partial charge is 0.444 e. The zero-order valence-electron chi connectivity index (χ0n) is 59.9. The van der Waals surface area contributed by atoms with E-state index in [0.717, 1.165) is 146 Å². The molecular weight excluding hydrogens is 1530 g/mol. The minimum absolute atomic E-state index is 0.0404. The summed E-state index contributed by atoms with van der Waals surface area (Å²) in [5.74, 6) is 2.73. The third-order valence-electron chi connectivity index (χ3n) is 20.8. The first-order valence-electron chi connectivity index (χ1n) is 35.1.